The standard InChI is InChI=1S/C8H4I2O4/c9-5-3(7(11)12)1-2-4(6(5)10)8(13)14/h1-2H,(H,11,12)(H,13,14). The molecule has 0 spiro atoms. The molecule has 0 aromatic heterocycles. The Morgan fingerprint density at radius 3 is 1.43 bits per heavy atom. The normalized spacial score (nSPS) is 9.86. The molecular formula is C8H4I2O4. The molecule has 1 aromatic rings. The number of halogens is 2. The van der Waals surface area contributed by atoms with Gasteiger partial charge in [-0.05, 0) is 57.3 Å². The Morgan fingerprint density at radius 2 is 1.21 bits per heavy atom. The topological polar surface area (TPSA) is 74.6 Å². The summed E-state index contributed by atoms with van der Waals surface area (Å²) in [7, 11) is 0. The van der Waals surface area contributed by atoms with Gasteiger partial charge < -0.3 is 10.2 Å². The fourth-order valence-corrected chi connectivity index (χ4v) is 2.28. The van der Waals surface area contributed by atoms with Gasteiger partial charge in [-0.3, -0.25) is 0 Å². The maximum Gasteiger partial charge on any atom is 0.336 e. The van der Waals surface area contributed by atoms with E-state index in [9.17, 15) is 9.59 Å². The highest BCUT2D eigenvalue weighted by Gasteiger charge is 2.16. The monoisotopic (exact) mass is 418 g/mol. The first kappa shape index (κ1) is 11.7. The van der Waals surface area contributed by atoms with Gasteiger partial charge in [-0.1, -0.05) is 0 Å². The first-order valence-electron chi connectivity index (χ1n) is 3.39. The molecule has 0 saturated carbocycles. The van der Waals surface area contributed by atoms with Gasteiger partial charge in [0.2, 0.25) is 0 Å². The zero-order valence-corrected chi connectivity index (χ0v) is 10.9. The van der Waals surface area contributed by atoms with Crippen LogP contribution < -0.4 is 0 Å². The lowest BCUT2D eigenvalue weighted by atomic mass is 10.1. The highest BCUT2D eigenvalue weighted by atomic mass is 127. The maximum atomic E-state index is 10.7. The minimum atomic E-state index is -1.05. The predicted octanol–water partition coefficient (Wildman–Crippen LogP) is 2.29. The van der Waals surface area contributed by atoms with Crippen LogP contribution in [-0.2, 0) is 0 Å². The van der Waals surface area contributed by atoms with E-state index >= 15 is 0 Å². The Morgan fingerprint density at radius 1 is 0.929 bits per heavy atom. The van der Waals surface area contributed by atoms with Crippen molar-refractivity contribution in [1.82, 2.24) is 0 Å². The molecule has 0 amide bonds. The second kappa shape index (κ2) is 4.43. The summed E-state index contributed by atoms with van der Waals surface area (Å²) in [6, 6.07) is 2.60. The van der Waals surface area contributed by atoms with Gasteiger partial charge in [0.05, 0.1) is 11.1 Å². The number of hydrogen-bond acceptors (Lipinski definition) is 2. The van der Waals surface area contributed by atoms with Crippen molar-refractivity contribution in [3.05, 3.63) is 30.4 Å². The Balaban J connectivity index is 3.41. The van der Waals surface area contributed by atoms with Crippen LogP contribution in [0.25, 0.3) is 0 Å². The zero-order valence-electron chi connectivity index (χ0n) is 6.62. The molecule has 0 unspecified atom stereocenters. The van der Waals surface area contributed by atoms with Crippen molar-refractivity contribution in [3.8, 4) is 0 Å². The number of hydrogen-bond donors (Lipinski definition) is 2. The lowest BCUT2D eigenvalue weighted by molar-refractivity contribution is 0.0679. The molecule has 2 N–H and O–H groups in total. The van der Waals surface area contributed by atoms with E-state index in [0.717, 1.165) is 0 Å². The summed E-state index contributed by atoms with van der Waals surface area (Å²) in [6.45, 7) is 0. The van der Waals surface area contributed by atoms with Gasteiger partial charge in [-0.2, -0.15) is 0 Å². The molecule has 74 valence electrons. The summed E-state index contributed by atoms with van der Waals surface area (Å²) in [5.74, 6) is -2.10. The van der Waals surface area contributed by atoms with E-state index in [4.69, 9.17) is 10.2 Å². The Bertz CT molecular complexity index is 375. The number of rotatable bonds is 2. The van der Waals surface area contributed by atoms with Crippen molar-refractivity contribution in [2.24, 2.45) is 0 Å². The van der Waals surface area contributed by atoms with Crippen LogP contribution in [0.4, 0.5) is 0 Å². The van der Waals surface area contributed by atoms with E-state index < -0.39 is 11.9 Å². The minimum absolute atomic E-state index is 0.125. The lowest BCUT2D eigenvalue weighted by Crippen LogP contribution is -2.07. The number of carboxylic acids is 2. The average Bonchev–Trinajstić information content (AvgIpc) is 2.08. The van der Waals surface area contributed by atoms with Crippen molar-refractivity contribution in [2.45, 2.75) is 0 Å². The molecule has 1 aromatic carbocycles. The highest BCUT2D eigenvalue weighted by Crippen LogP contribution is 2.23. The van der Waals surface area contributed by atoms with Crippen molar-refractivity contribution < 1.29 is 19.8 Å². The van der Waals surface area contributed by atoms with Gasteiger partial charge in [0.1, 0.15) is 0 Å². The van der Waals surface area contributed by atoms with Crippen LogP contribution in [0.5, 0.6) is 0 Å². The van der Waals surface area contributed by atoms with Crippen molar-refractivity contribution in [1.29, 1.82) is 0 Å². The minimum Gasteiger partial charge on any atom is -0.478 e. The predicted molar refractivity (Wildman–Crippen MR) is 65.8 cm³/mol. The fraction of sp³-hybridized carbons (Fsp3) is 0. The van der Waals surface area contributed by atoms with Crippen LogP contribution in [0, 0.1) is 7.14 Å². The SMILES string of the molecule is O=C(O)c1ccc(C(=O)O)c(I)c1I. The fourth-order valence-electron chi connectivity index (χ4n) is 0.880. The number of carbonyl (C=O) groups is 2. The summed E-state index contributed by atoms with van der Waals surface area (Å²) in [5, 5.41) is 17.5. The first-order valence-corrected chi connectivity index (χ1v) is 5.55. The maximum absolute atomic E-state index is 10.7. The highest BCUT2D eigenvalue weighted by molar-refractivity contribution is 14.1. The molecule has 0 bridgehead atoms. The number of carboxylic acid groups (broad SMARTS) is 2. The summed E-state index contributed by atoms with van der Waals surface area (Å²) in [4.78, 5) is 21.4. The summed E-state index contributed by atoms with van der Waals surface area (Å²) >= 11 is 3.65. The van der Waals surface area contributed by atoms with Crippen molar-refractivity contribution in [2.75, 3.05) is 0 Å². The Hall–Kier alpha value is -0.380. The third kappa shape index (κ3) is 2.16. The molecular weight excluding hydrogens is 414 g/mol. The van der Waals surface area contributed by atoms with Gasteiger partial charge in [0.25, 0.3) is 0 Å². The number of aromatic carboxylic acids is 2. The summed E-state index contributed by atoms with van der Waals surface area (Å²) < 4.78 is 0.909. The third-order valence-corrected chi connectivity index (χ3v) is 4.82. The van der Waals surface area contributed by atoms with Gasteiger partial charge >= 0.3 is 11.9 Å². The molecule has 4 nitrogen and oxygen atoms in total. The van der Waals surface area contributed by atoms with Crippen molar-refractivity contribution in [3.63, 3.8) is 0 Å². The lowest BCUT2D eigenvalue weighted by Gasteiger charge is -2.04. The molecule has 6 heteroatoms. The van der Waals surface area contributed by atoms with Crippen LogP contribution in [0.15, 0.2) is 12.1 Å². The molecule has 0 heterocycles. The van der Waals surface area contributed by atoms with E-state index in [0.29, 0.717) is 7.14 Å². The quantitative estimate of drug-likeness (QED) is 0.724. The molecule has 1 rings (SSSR count). The van der Waals surface area contributed by atoms with Crippen LogP contribution in [0.1, 0.15) is 20.7 Å². The van der Waals surface area contributed by atoms with E-state index in [1.54, 1.807) is 0 Å². The van der Waals surface area contributed by atoms with E-state index in [-0.39, 0.29) is 11.1 Å². The van der Waals surface area contributed by atoms with E-state index in [1.165, 1.54) is 12.1 Å². The van der Waals surface area contributed by atoms with E-state index in [2.05, 4.69) is 0 Å². The van der Waals surface area contributed by atoms with Gasteiger partial charge in [0.15, 0.2) is 0 Å². The smallest absolute Gasteiger partial charge is 0.336 e. The summed E-state index contributed by atoms with van der Waals surface area (Å²) in [5.41, 5.74) is 0.250. The molecule has 0 aliphatic rings. The largest absolute Gasteiger partial charge is 0.478 e. The molecule has 0 radical (unpaired) electrons. The van der Waals surface area contributed by atoms with Crippen LogP contribution in [0.3, 0.4) is 0 Å². The Kier molecular flexibility index (Phi) is 3.70. The molecule has 0 aliphatic heterocycles. The van der Waals surface area contributed by atoms with Crippen molar-refractivity contribution >= 4 is 57.1 Å². The molecule has 0 fully saturated rings. The molecule has 0 saturated heterocycles. The molecule has 0 atom stereocenters. The van der Waals surface area contributed by atoms with E-state index in [1.807, 2.05) is 45.2 Å². The van der Waals surface area contributed by atoms with Gasteiger partial charge in [0, 0.05) is 7.14 Å². The first-order chi connectivity index (χ1) is 6.45. The van der Waals surface area contributed by atoms with Gasteiger partial charge in [-0.25, -0.2) is 9.59 Å². The Labute approximate surface area is 107 Å². The van der Waals surface area contributed by atoms with Crippen LogP contribution in [-0.4, -0.2) is 22.2 Å². The second-order valence-corrected chi connectivity index (χ2v) is 4.56. The molecule has 14 heavy (non-hydrogen) atoms. The second-order valence-electron chi connectivity index (χ2n) is 2.40. The number of benzene rings is 1. The average molecular weight is 418 g/mol. The van der Waals surface area contributed by atoms with Gasteiger partial charge in [-0.15, -0.1) is 0 Å². The van der Waals surface area contributed by atoms with Crippen LogP contribution in [0.2, 0.25) is 0 Å². The molecule has 0 aliphatic carbocycles. The van der Waals surface area contributed by atoms with Crippen LogP contribution >= 0.6 is 45.2 Å². The summed E-state index contributed by atoms with van der Waals surface area (Å²) in [6.07, 6.45) is 0. The zero-order chi connectivity index (χ0) is 10.9. The third-order valence-electron chi connectivity index (χ3n) is 1.54.